The summed E-state index contributed by atoms with van der Waals surface area (Å²) in [4.78, 5) is 28.6. The number of anilines is 2. The molecule has 2 fully saturated rings. The van der Waals surface area contributed by atoms with Crippen LogP contribution >= 0.6 is 11.6 Å². The molecule has 10 heteroatoms. The Kier molecular flexibility index (Phi) is 6.67. The number of piperidine rings is 1. The molecule has 1 unspecified atom stereocenters. The highest BCUT2D eigenvalue weighted by molar-refractivity contribution is 7.91. The van der Waals surface area contributed by atoms with Crippen LogP contribution in [0.2, 0.25) is 5.02 Å². The average Bonchev–Trinajstić information content (AvgIpc) is 3.40. The van der Waals surface area contributed by atoms with Gasteiger partial charge < -0.3 is 19.5 Å². The molecule has 3 heterocycles. The molecule has 0 bridgehead atoms. The largest absolute Gasteiger partial charge is 0.611 e. The normalized spacial score (nSPS) is 23.3. The summed E-state index contributed by atoms with van der Waals surface area (Å²) in [6, 6.07) is 8.00. The van der Waals surface area contributed by atoms with Gasteiger partial charge in [0.15, 0.2) is 5.82 Å². The van der Waals surface area contributed by atoms with E-state index in [0.717, 1.165) is 42.4 Å². The van der Waals surface area contributed by atoms with Crippen molar-refractivity contribution >= 4 is 46.3 Å². The first-order valence-electron chi connectivity index (χ1n) is 12.0. The number of aliphatic imine (C=N–C) groups is 1. The van der Waals surface area contributed by atoms with Crippen molar-refractivity contribution in [2.45, 2.75) is 68.9 Å². The molecule has 1 N–H and O–H groups in total. The van der Waals surface area contributed by atoms with Crippen LogP contribution in [0, 0.1) is 0 Å². The maximum atomic E-state index is 12.7. The Labute approximate surface area is 213 Å². The molecular formula is C25H30ClN5O3S. The number of carbonyl (C=O) groups is 1. The fraction of sp³-hybridized carbons (Fsp3) is 0.520. The molecule has 186 valence electrons. The zero-order chi connectivity index (χ0) is 24.7. The molecule has 1 amide bonds. The summed E-state index contributed by atoms with van der Waals surface area (Å²) in [6.45, 7) is 7.14. The van der Waals surface area contributed by atoms with Crippen LogP contribution in [0.4, 0.5) is 16.6 Å². The molecule has 3 aliphatic rings. The molecule has 0 spiro atoms. The molecule has 1 aromatic carbocycles. The Morgan fingerprint density at radius 1 is 1.23 bits per heavy atom. The zero-order valence-corrected chi connectivity index (χ0v) is 21.8. The third-order valence-corrected chi connectivity index (χ3v) is 8.10. The standard InChI is InChI=1S/C25H30ClN5O3S/c1-25(2,3)34-24(32)29-20-14-19(20)27-22-21-18(10-13-35(21)33)28-23(30-22)31-11-8-16(9-12-31)15-4-6-17(26)7-5-15/h4-7,16,19H,8-14H2,1-3H3,(H,27,28,30)/b29-20+/t19-,35?/m0/s1. The Bertz CT molecular complexity index is 1140. The van der Waals surface area contributed by atoms with Crippen molar-refractivity contribution in [1.82, 2.24) is 9.97 Å². The third kappa shape index (κ3) is 5.73. The Balaban J connectivity index is 1.29. The van der Waals surface area contributed by atoms with Crippen molar-refractivity contribution in [3.63, 3.8) is 0 Å². The van der Waals surface area contributed by atoms with E-state index < -0.39 is 22.9 Å². The molecule has 2 atom stereocenters. The Morgan fingerprint density at radius 2 is 1.94 bits per heavy atom. The van der Waals surface area contributed by atoms with Crippen LogP contribution in [-0.4, -0.2) is 56.8 Å². The quantitative estimate of drug-likeness (QED) is 0.586. The topological polar surface area (TPSA) is 103 Å². The van der Waals surface area contributed by atoms with E-state index in [0.29, 0.717) is 41.2 Å². The number of nitrogens with zero attached hydrogens (tertiary/aromatic N) is 4. The maximum absolute atomic E-state index is 12.7. The van der Waals surface area contributed by atoms with E-state index in [1.165, 1.54) is 5.56 Å². The lowest BCUT2D eigenvalue weighted by Crippen LogP contribution is -2.34. The van der Waals surface area contributed by atoms with E-state index >= 15 is 0 Å². The maximum Gasteiger partial charge on any atom is 0.434 e. The van der Waals surface area contributed by atoms with E-state index in [2.05, 4.69) is 27.3 Å². The lowest BCUT2D eigenvalue weighted by atomic mass is 9.89. The first kappa shape index (κ1) is 24.3. The van der Waals surface area contributed by atoms with Gasteiger partial charge in [0.25, 0.3) is 0 Å². The van der Waals surface area contributed by atoms with Gasteiger partial charge in [-0.1, -0.05) is 23.7 Å². The number of carbonyl (C=O) groups excluding carboxylic acids is 1. The summed E-state index contributed by atoms with van der Waals surface area (Å²) in [6.07, 6.45) is 2.74. The van der Waals surface area contributed by atoms with Gasteiger partial charge >= 0.3 is 6.09 Å². The summed E-state index contributed by atoms with van der Waals surface area (Å²) in [5.41, 5.74) is 2.30. The van der Waals surface area contributed by atoms with Crippen LogP contribution in [0.1, 0.15) is 57.2 Å². The number of fused-ring (bicyclic) bond motifs is 1. The highest BCUT2D eigenvalue weighted by Gasteiger charge is 2.39. The zero-order valence-electron chi connectivity index (χ0n) is 20.2. The number of nitrogens with one attached hydrogen (secondary N) is 1. The van der Waals surface area contributed by atoms with E-state index in [1.807, 2.05) is 32.9 Å². The molecule has 35 heavy (non-hydrogen) atoms. The van der Waals surface area contributed by atoms with Gasteiger partial charge in [-0.25, -0.2) is 9.78 Å². The number of hydrogen-bond acceptors (Lipinski definition) is 7. The van der Waals surface area contributed by atoms with Crippen LogP contribution in [0.25, 0.3) is 0 Å². The minimum atomic E-state index is -1.13. The lowest BCUT2D eigenvalue weighted by molar-refractivity contribution is 0.0604. The van der Waals surface area contributed by atoms with Gasteiger partial charge in [0.2, 0.25) is 10.8 Å². The van der Waals surface area contributed by atoms with Crippen molar-refractivity contribution in [3.05, 3.63) is 40.5 Å². The second-order valence-corrected chi connectivity index (χ2v) is 12.2. The summed E-state index contributed by atoms with van der Waals surface area (Å²) in [7, 11) is 0. The van der Waals surface area contributed by atoms with Gasteiger partial charge in [0, 0.05) is 31.0 Å². The van der Waals surface area contributed by atoms with Crippen molar-refractivity contribution in [3.8, 4) is 0 Å². The van der Waals surface area contributed by atoms with E-state index in [-0.39, 0.29) is 6.04 Å². The number of rotatable bonds is 4. The van der Waals surface area contributed by atoms with Crippen LogP contribution in [-0.2, 0) is 22.3 Å². The molecule has 5 rings (SSSR count). The van der Waals surface area contributed by atoms with Crippen molar-refractivity contribution < 1.29 is 14.1 Å². The molecule has 1 saturated heterocycles. The smallest absolute Gasteiger partial charge is 0.434 e. The first-order valence-corrected chi connectivity index (χ1v) is 13.7. The number of aromatic nitrogens is 2. The highest BCUT2D eigenvalue weighted by atomic mass is 35.5. The van der Waals surface area contributed by atoms with Crippen molar-refractivity contribution in [1.29, 1.82) is 0 Å². The second kappa shape index (κ2) is 9.59. The Morgan fingerprint density at radius 3 is 2.63 bits per heavy atom. The number of aryl methyl sites for hydroxylation is 1. The third-order valence-electron chi connectivity index (χ3n) is 6.39. The van der Waals surface area contributed by atoms with Gasteiger partial charge in [0.1, 0.15) is 17.0 Å². The average molecular weight is 516 g/mol. The second-order valence-electron chi connectivity index (χ2n) is 10.2. The predicted octanol–water partition coefficient (Wildman–Crippen LogP) is 4.74. The first-order chi connectivity index (χ1) is 16.7. The number of ether oxygens (including phenoxy) is 1. The molecule has 1 saturated carbocycles. The minimum absolute atomic E-state index is 0.109. The van der Waals surface area contributed by atoms with Crippen LogP contribution in [0.3, 0.4) is 0 Å². The van der Waals surface area contributed by atoms with E-state index in [4.69, 9.17) is 26.3 Å². The fourth-order valence-electron chi connectivity index (χ4n) is 4.55. The summed E-state index contributed by atoms with van der Waals surface area (Å²) in [5, 5.41) is 4.12. The highest BCUT2D eigenvalue weighted by Crippen LogP contribution is 2.36. The molecular weight excluding hydrogens is 486 g/mol. The summed E-state index contributed by atoms with van der Waals surface area (Å²) < 4.78 is 18.0. The van der Waals surface area contributed by atoms with Gasteiger partial charge in [0.05, 0.1) is 11.8 Å². The number of benzene rings is 1. The molecule has 2 aromatic rings. The Hall–Kier alpha value is -2.36. The van der Waals surface area contributed by atoms with Crippen LogP contribution in [0.5, 0.6) is 0 Å². The molecule has 8 nitrogen and oxygen atoms in total. The summed E-state index contributed by atoms with van der Waals surface area (Å²) >= 11 is 4.91. The molecule has 0 radical (unpaired) electrons. The van der Waals surface area contributed by atoms with E-state index in [9.17, 15) is 9.35 Å². The SMILES string of the molecule is CC(C)(C)OC(=O)/N=C1\C[C@@H]1Nc1nc(N2CCC(c3ccc(Cl)cc3)CC2)nc2c1[S+]([O-])CC2. The van der Waals surface area contributed by atoms with Crippen LogP contribution in [0.15, 0.2) is 34.2 Å². The molecule has 1 aromatic heterocycles. The van der Waals surface area contributed by atoms with Gasteiger partial charge in [-0.2, -0.15) is 9.98 Å². The predicted molar refractivity (Wildman–Crippen MR) is 138 cm³/mol. The van der Waals surface area contributed by atoms with Crippen molar-refractivity contribution in [2.75, 3.05) is 29.1 Å². The van der Waals surface area contributed by atoms with Crippen molar-refractivity contribution in [2.24, 2.45) is 4.99 Å². The lowest BCUT2D eigenvalue weighted by Gasteiger charge is -2.32. The molecule has 2 aliphatic heterocycles. The van der Waals surface area contributed by atoms with E-state index in [1.54, 1.807) is 0 Å². The number of halogens is 1. The number of amides is 1. The van der Waals surface area contributed by atoms with Gasteiger partial charge in [-0.15, -0.1) is 0 Å². The molecule has 1 aliphatic carbocycles. The summed E-state index contributed by atoms with van der Waals surface area (Å²) in [5.74, 6) is 2.32. The van der Waals surface area contributed by atoms with Gasteiger partial charge in [-0.3, -0.25) is 0 Å². The number of hydrogen-bond donors (Lipinski definition) is 1. The fourth-order valence-corrected chi connectivity index (χ4v) is 5.99. The monoisotopic (exact) mass is 515 g/mol. The van der Waals surface area contributed by atoms with Crippen LogP contribution < -0.4 is 10.2 Å². The minimum Gasteiger partial charge on any atom is -0.611 e. The van der Waals surface area contributed by atoms with Gasteiger partial charge in [-0.05, 0) is 68.4 Å².